The monoisotopic (exact) mass is 361 g/mol. The molecule has 2 aromatic carbocycles. The van der Waals surface area contributed by atoms with Gasteiger partial charge in [-0.25, -0.2) is 9.97 Å². The average Bonchev–Trinajstić information content (AvgIpc) is 3.34. The van der Waals surface area contributed by atoms with Gasteiger partial charge in [0.25, 0.3) is 5.91 Å². The Bertz CT molecular complexity index is 1040. The molecule has 0 bridgehead atoms. The molecule has 5 nitrogen and oxygen atoms in total. The van der Waals surface area contributed by atoms with Crippen LogP contribution in [0.5, 0.6) is 0 Å². The first kappa shape index (κ1) is 16.2. The minimum atomic E-state index is -0.245. The van der Waals surface area contributed by atoms with E-state index in [4.69, 9.17) is 4.42 Å². The number of nitrogens with zero attached hydrogens (tertiary/aromatic N) is 2. The molecule has 2 heterocycles. The molecular formula is C20H15N3O2S. The minimum absolute atomic E-state index is 0.245. The zero-order chi connectivity index (χ0) is 17.9. The Kier molecular flexibility index (Phi) is 4.33. The number of hydrogen-bond acceptors (Lipinski definition) is 5. The lowest BCUT2D eigenvalue weighted by atomic mass is 10.1. The second-order valence-corrected chi connectivity index (χ2v) is 6.63. The summed E-state index contributed by atoms with van der Waals surface area (Å²) in [5.41, 5.74) is 3.25. The first-order chi connectivity index (χ1) is 12.7. The third-order valence-corrected chi connectivity index (χ3v) is 4.59. The molecule has 0 radical (unpaired) electrons. The third kappa shape index (κ3) is 3.27. The molecule has 0 saturated carbocycles. The van der Waals surface area contributed by atoms with E-state index >= 15 is 0 Å². The molecule has 0 aliphatic rings. The van der Waals surface area contributed by atoms with E-state index in [-0.39, 0.29) is 5.91 Å². The number of thiazole rings is 1. The molecule has 128 valence electrons. The Labute approximate surface area is 154 Å². The molecule has 1 amide bonds. The molecule has 4 aromatic rings. The molecule has 0 atom stereocenters. The number of amides is 1. The molecule has 4 rings (SSSR count). The van der Waals surface area contributed by atoms with Crippen LogP contribution in [0.4, 0.5) is 5.13 Å². The number of hydrogen-bond donors (Lipinski definition) is 1. The maximum atomic E-state index is 12.6. The molecular weight excluding hydrogens is 346 g/mol. The number of carbonyl (C=O) groups excluding carboxylic acids is 1. The Morgan fingerprint density at radius 3 is 2.65 bits per heavy atom. The molecule has 0 spiro atoms. The van der Waals surface area contributed by atoms with E-state index in [9.17, 15) is 4.79 Å². The highest BCUT2D eigenvalue weighted by atomic mass is 32.1. The summed E-state index contributed by atoms with van der Waals surface area (Å²) >= 11 is 1.37. The van der Waals surface area contributed by atoms with Gasteiger partial charge >= 0.3 is 0 Å². The third-order valence-electron chi connectivity index (χ3n) is 3.90. The lowest BCUT2D eigenvalue weighted by molar-refractivity contribution is 0.102. The predicted molar refractivity (Wildman–Crippen MR) is 102 cm³/mol. The number of aryl methyl sites for hydroxylation is 1. The summed E-state index contributed by atoms with van der Waals surface area (Å²) < 4.78 is 5.92. The highest BCUT2D eigenvalue weighted by Gasteiger charge is 2.17. The van der Waals surface area contributed by atoms with E-state index in [1.807, 2.05) is 54.8 Å². The van der Waals surface area contributed by atoms with Gasteiger partial charge < -0.3 is 4.42 Å². The molecule has 0 aliphatic carbocycles. The Morgan fingerprint density at radius 2 is 1.88 bits per heavy atom. The molecule has 2 aromatic heterocycles. The molecule has 0 unspecified atom stereocenters. The number of nitrogens with one attached hydrogen (secondary N) is 1. The van der Waals surface area contributed by atoms with Crippen molar-refractivity contribution in [1.82, 2.24) is 9.97 Å². The van der Waals surface area contributed by atoms with Crippen LogP contribution in [0.25, 0.3) is 22.8 Å². The molecule has 26 heavy (non-hydrogen) atoms. The van der Waals surface area contributed by atoms with Crippen molar-refractivity contribution in [3.05, 3.63) is 77.4 Å². The van der Waals surface area contributed by atoms with E-state index in [1.54, 1.807) is 18.5 Å². The van der Waals surface area contributed by atoms with E-state index in [0.29, 0.717) is 27.9 Å². The summed E-state index contributed by atoms with van der Waals surface area (Å²) in [4.78, 5) is 21.1. The predicted octanol–water partition coefficient (Wildman–Crippen LogP) is 5.03. The van der Waals surface area contributed by atoms with E-state index in [2.05, 4.69) is 15.3 Å². The Hall–Kier alpha value is -3.25. The van der Waals surface area contributed by atoms with Gasteiger partial charge in [0.2, 0.25) is 5.89 Å². The molecule has 1 N–H and O–H groups in total. The summed E-state index contributed by atoms with van der Waals surface area (Å²) in [6.07, 6.45) is 3.32. The van der Waals surface area contributed by atoms with Crippen molar-refractivity contribution in [2.75, 3.05) is 5.32 Å². The van der Waals surface area contributed by atoms with Gasteiger partial charge in [0.15, 0.2) is 10.9 Å². The van der Waals surface area contributed by atoms with Crippen LogP contribution in [-0.2, 0) is 0 Å². The second kappa shape index (κ2) is 6.93. The fourth-order valence-electron chi connectivity index (χ4n) is 2.57. The summed E-state index contributed by atoms with van der Waals surface area (Å²) in [5.74, 6) is 0.825. The summed E-state index contributed by atoms with van der Waals surface area (Å²) in [6, 6.07) is 15.2. The molecule has 6 heteroatoms. The van der Waals surface area contributed by atoms with Gasteiger partial charge in [-0.1, -0.05) is 42.0 Å². The van der Waals surface area contributed by atoms with Gasteiger partial charge in [-0.15, -0.1) is 11.3 Å². The standard InChI is InChI=1S/C20H15N3O2S/c1-13-6-8-14(9-7-13)17-12-22-19(25-17)16-5-3-2-4-15(16)18(24)23-20-21-10-11-26-20/h2-12H,1H3,(H,21,23,24). The van der Waals surface area contributed by atoms with Crippen LogP contribution in [0.1, 0.15) is 15.9 Å². The summed E-state index contributed by atoms with van der Waals surface area (Å²) in [6.45, 7) is 2.03. The second-order valence-electron chi connectivity index (χ2n) is 5.73. The van der Waals surface area contributed by atoms with E-state index in [1.165, 1.54) is 16.9 Å². The molecule has 0 fully saturated rings. The number of rotatable bonds is 4. The quantitative estimate of drug-likeness (QED) is 0.554. The smallest absolute Gasteiger partial charge is 0.258 e. The number of aromatic nitrogens is 2. The highest BCUT2D eigenvalue weighted by Crippen LogP contribution is 2.29. The van der Waals surface area contributed by atoms with Crippen LogP contribution in [0.15, 0.2) is 70.7 Å². The van der Waals surface area contributed by atoms with Crippen molar-refractivity contribution in [2.45, 2.75) is 6.92 Å². The molecule has 0 aliphatic heterocycles. The van der Waals surface area contributed by atoms with Crippen LogP contribution in [0.3, 0.4) is 0 Å². The first-order valence-corrected chi connectivity index (χ1v) is 8.92. The van der Waals surface area contributed by atoms with Crippen molar-refractivity contribution < 1.29 is 9.21 Å². The van der Waals surface area contributed by atoms with Crippen LogP contribution >= 0.6 is 11.3 Å². The maximum absolute atomic E-state index is 12.6. The fraction of sp³-hybridized carbons (Fsp3) is 0.0500. The van der Waals surface area contributed by atoms with Crippen LogP contribution in [0, 0.1) is 6.92 Å². The zero-order valence-electron chi connectivity index (χ0n) is 14.0. The lowest BCUT2D eigenvalue weighted by Gasteiger charge is -2.06. The highest BCUT2D eigenvalue weighted by molar-refractivity contribution is 7.13. The number of benzene rings is 2. The van der Waals surface area contributed by atoms with Crippen LogP contribution in [0.2, 0.25) is 0 Å². The van der Waals surface area contributed by atoms with Crippen LogP contribution in [-0.4, -0.2) is 15.9 Å². The zero-order valence-corrected chi connectivity index (χ0v) is 14.8. The summed E-state index contributed by atoms with van der Waals surface area (Å²) in [5, 5.41) is 5.15. The van der Waals surface area contributed by atoms with Crippen molar-refractivity contribution in [2.24, 2.45) is 0 Å². The molecule has 0 saturated heterocycles. The van der Waals surface area contributed by atoms with Gasteiger partial charge in [0.05, 0.1) is 11.8 Å². The Balaban J connectivity index is 1.66. The van der Waals surface area contributed by atoms with Gasteiger partial charge in [-0.2, -0.15) is 0 Å². The Morgan fingerprint density at radius 1 is 1.08 bits per heavy atom. The van der Waals surface area contributed by atoms with Crippen molar-refractivity contribution >= 4 is 22.4 Å². The topological polar surface area (TPSA) is 68.0 Å². The van der Waals surface area contributed by atoms with E-state index < -0.39 is 0 Å². The van der Waals surface area contributed by atoms with Gasteiger partial charge in [-0.3, -0.25) is 10.1 Å². The number of anilines is 1. The number of oxazole rings is 1. The number of carbonyl (C=O) groups is 1. The van der Waals surface area contributed by atoms with Gasteiger partial charge in [0.1, 0.15) is 0 Å². The van der Waals surface area contributed by atoms with Gasteiger partial charge in [0, 0.05) is 22.7 Å². The van der Waals surface area contributed by atoms with Crippen LogP contribution < -0.4 is 5.32 Å². The average molecular weight is 361 g/mol. The van der Waals surface area contributed by atoms with Crippen molar-refractivity contribution in [1.29, 1.82) is 0 Å². The van der Waals surface area contributed by atoms with E-state index in [0.717, 1.165) is 5.56 Å². The van der Waals surface area contributed by atoms with Crippen molar-refractivity contribution in [3.8, 4) is 22.8 Å². The summed E-state index contributed by atoms with van der Waals surface area (Å²) in [7, 11) is 0. The fourth-order valence-corrected chi connectivity index (χ4v) is 3.09. The minimum Gasteiger partial charge on any atom is -0.436 e. The SMILES string of the molecule is Cc1ccc(-c2cnc(-c3ccccc3C(=O)Nc3nccs3)o2)cc1. The van der Waals surface area contributed by atoms with Gasteiger partial charge in [-0.05, 0) is 19.1 Å². The lowest BCUT2D eigenvalue weighted by Crippen LogP contribution is -2.12. The maximum Gasteiger partial charge on any atom is 0.258 e. The normalized spacial score (nSPS) is 10.7. The largest absolute Gasteiger partial charge is 0.436 e. The first-order valence-electron chi connectivity index (χ1n) is 8.04. The van der Waals surface area contributed by atoms with Crippen molar-refractivity contribution in [3.63, 3.8) is 0 Å².